The smallest absolute Gasteiger partial charge is 0.378 e. The molecular formula is C10H9ClF3N5. The number of rotatable bonds is 3. The second kappa shape index (κ2) is 5.04. The second-order valence-corrected chi connectivity index (χ2v) is 4.21. The van der Waals surface area contributed by atoms with E-state index in [1.165, 1.54) is 10.9 Å². The van der Waals surface area contributed by atoms with Gasteiger partial charge in [-0.05, 0) is 23.4 Å². The number of aromatic nitrogens is 4. The molecule has 1 aromatic heterocycles. The number of nitrogens with zero attached hydrogens (tertiary/aromatic N) is 4. The van der Waals surface area contributed by atoms with E-state index in [9.17, 15) is 13.2 Å². The maximum atomic E-state index is 12.6. The highest BCUT2D eigenvalue weighted by molar-refractivity contribution is 6.30. The third-order valence-electron chi connectivity index (χ3n) is 2.23. The second-order valence-electron chi connectivity index (χ2n) is 3.78. The van der Waals surface area contributed by atoms with Crippen molar-refractivity contribution in [3.8, 4) is 0 Å². The molecule has 0 fully saturated rings. The fourth-order valence-corrected chi connectivity index (χ4v) is 1.67. The van der Waals surface area contributed by atoms with Crippen molar-refractivity contribution in [2.75, 3.05) is 5.32 Å². The summed E-state index contributed by atoms with van der Waals surface area (Å²) in [7, 11) is 1.59. The predicted octanol–water partition coefficient (Wildman–Crippen LogP) is 2.49. The van der Waals surface area contributed by atoms with Crippen LogP contribution in [0.1, 0.15) is 11.4 Å². The van der Waals surface area contributed by atoms with E-state index >= 15 is 0 Å². The van der Waals surface area contributed by atoms with E-state index in [1.807, 2.05) is 0 Å². The molecule has 0 atom stereocenters. The largest absolute Gasteiger partial charge is 0.416 e. The van der Waals surface area contributed by atoms with Crippen LogP contribution in [0.15, 0.2) is 18.2 Å². The van der Waals surface area contributed by atoms with Crippen molar-refractivity contribution >= 4 is 17.3 Å². The van der Waals surface area contributed by atoms with Crippen LogP contribution in [0.4, 0.5) is 18.9 Å². The molecule has 0 unspecified atom stereocenters. The Kier molecular flexibility index (Phi) is 3.61. The fourth-order valence-electron chi connectivity index (χ4n) is 1.43. The average Bonchev–Trinajstić information content (AvgIpc) is 2.71. The van der Waals surface area contributed by atoms with Crippen LogP contribution in [0, 0.1) is 0 Å². The van der Waals surface area contributed by atoms with Gasteiger partial charge in [-0.15, -0.1) is 10.2 Å². The Labute approximate surface area is 111 Å². The lowest BCUT2D eigenvalue weighted by Crippen LogP contribution is -2.07. The molecule has 9 heteroatoms. The molecule has 1 heterocycles. The molecule has 5 nitrogen and oxygen atoms in total. The highest BCUT2D eigenvalue weighted by Gasteiger charge is 2.31. The van der Waals surface area contributed by atoms with Gasteiger partial charge in [0.15, 0.2) is 5.82 Å². The van der Waals surface area contributed by atoms with Gasteiger partial charge in [0.05, 0.1) is 19.2 Å². The van der Waals surface area contributed by atoms with Gasteiger partial charge in [0.1, 0.15) is 0 Å². The normalized spacial score (nSPS) is 11.6. The van der Waals surface area contributed by atoms with E-state index in [4.69, 9.17) is 11.6 Å². The molecule has 0 spiro atoms. The van der Waals surface area contributed by atoms with E-state index in [0.29, 0.717) is 5.82 Å². The Morgan fingerprint density at radius 3 is 2.63 bits per heavy atom. The van der Waals surface area contributed by atoms with Crippen LogP contribution in [0.5, 0.6) is 0 Å². The van der Waals surface area contributed by atoms with Gasteiger partial charge in [-0.3, -0.25) is 0 Å². The SMILES string of the molecule is Cn1nnc(CNc2cc(Cl)cc(C(F)(F)F)c2)n1. The predicted molar refractivity (Wildman–Crippen MR) is 62.6 cm³/mol. The van der Waals surface area contributed by atoms with Crippen molar-refractivity contribution in [2.24, 2.45) is 7.05 Å². The van der Waals surface area contributed by atoms with Gasteiger partial charge in [0.25, 0.3) is 0 Å². The third kappa shape index (κ3) is 3.57. The molecule has 1 aromatic carbocycles. The van der Waals surface area contributed by atoms with E-state index in [0.717, 1.165) is 12.1 Å². The quantitative estimate of drug-likeness (QED) is 0.944. The number of aryl methyl sites for hydroxylation is 1. The van der Waals surface area contributed by atoms with E-state index in [-0.39, 0.29) is 17.3 Å². The standard InChI is InChI=1S/C10H9ClF3N5/c1-19-17-9(16-18-19)5-15-8-3-6(10(12,13)14)2-7(11)4-8/h2-4,15H,5H2,1H3. The van der Waals surface area contributed by atoms with Gasteiger partial charge in [0, 0.05) is 10.7 Å². The Morgan fingerprint density at radius 2 is 2.05 bits per heavy atom. The lowest BCUT2D eigenvalue weighted by atomic mass is 10.2. The molecule has 0 aliphatic carbocycles. The molecule has 0 radical (unpaired) electrons. The molecule has 0 aliphatic heterocycles. The lowest BCUT2D eigenvalue weighted by molar-refractivity contribution is -0.137. The van der Waals surface area contributed by atoms with Crippen molar-refractivity contribution in [2.45, 2.75) is 12.7 Å². The average molecular weight is 292 g/mol. The molecule has 0 saturated heterocycles. The van der Waals surface area contributed by atoms with Crippen LogP contribution < -0.4 is 5.32 Å². The topological polar surface area (TPSA) is 55.6 Å². The summed E-state index contributed by atoms with van der Waals surface area (Å²) in [6.45, 7) is 0.158. The zero-order valence-electron chi connectivity index (χ0n) is 9.74. The summed E-state index contributed by atoms with van der Waals surface area (Å²) in [6.07, 6.45) is -4.44. The molecule has 0 amide bonds. The highest BCUT2D eigenvalue weighted by atomic mass is 35.5. The minimum Gasteiger partial charge on any atom is -0.378 e. The van der Waals surface area contributed by atoms with Crippen LogP contribution in [0.2, 0.25) is 5.02 Å². The first-order valence-electron chi connectivity index (χ1n) is 5.19. The summed E-state index contributed by atoms with van der Waals surface area (Å²) in [5.74, 6) is 0.371. The Hall–Kier alpha value is -1.83. The summed E-state index contributed by atoms with van der Waals surface area (Å²) in [5, 5.41) is 14.0. The molecule has 0 saturated carbocycles. The van der Waals surface area contributed by atoms with Gasteiger partial charge in [-0.25, -0.2) is 0 Å². The lowest BCUT2D eigenvalue weighted by Gasteiger charge is -2.10. The summed E-state index contributed by atoms with van der Waals surface area (Å²) >= 11 is 5.65. The zero-order valence-corrected chi connectivity index (χ0v) is 10.5. The van der Waals surface area contributed by atoms with Crippen LogP contribution >= 0.6 is 11.6 Å². The highest BCUT2D eigenvalue weighted by Crippen LogP contribution is 2.33. The summed E-state index contributed by atoms with van der Waals surface area (Å²) < 4.78 is 37.8. The number of nitrogens with one attached hydrogen (secondary N) is 1. The van der Waals surface area contributed by atoms with Crippen LogP contribution in [0.25, 0.3) is 0 Å². The monoisotopic (exact) mass is 291 g/mol. The molecule has 0 bridgehead atoms. The molecular weight excluding hydrogens is 283 g/mol. The van der Waals surface area contributed by atoms with Gasteiger partial charge in [-0.2, -0.15) is 18.0 Å². The number of alkyl halides is 3. The number of anilines is 1. The molecule has 2 aromatic rings. The van der Waals surface area contributed by atoms with Gasteiger partial charge in [-0.1, -0.05) is 11.6 Å². The van der Waals surface area contributed by atoms with E-state index < -0.39 is 11.7 Å². The Bertz CT molecular complexity index is 581. The zero-order chi connectivity index (χ0) is 14.0. The third-order valence-corrected chi connectivity index (χ3v) is 2.44. The first-order valence-corrected chi connectivity index (χ1v) is 5.57. The Balaban J connectivity index is 2.14. The van der Waals surface area contributed by atoms with Crippen LogP contribution in [-0.2, 0) is 19.8 Å². The maximum absolute atomic E-state index is 12.6. The number of hydrogen-bond acceptors (Lipinski definition) is 4. The molecule has 1 N–H and O–H groups in total. The van der Waals surface area contributed by atoms with Crippen LogP contribution in [0.3, 0.4) is 0 Å². The minimum atomic E-state index is -4.44. The van der Waals surface area contributed by atoms with Crippen molar-refractivity contribution in [1.82, 2.24) is 20.2 Å². The van der Waals surface area contributed by atoms with Crippen molar-refractivity contribution in [1.29, 1.82) is 0 Å². The Morgan fingerprint density at radius 1 is 1.32 bits per heavy atom. The number of hydrogen-bond donors (Lipinski definition) is 1. The number of benzene rings is 1. The first kappa shape index (κ1) is 13.6. The fraction of sp³-hybridized carbons (Fsp3) is 0.300. The summed E-state index contributed by atoms with van der Waals surface area (Å²) in [4.78, 5) is 1.26. The summed E-state index contributed by atoms with van der Waals surface area (Å²) in [6, 6.07) is 3.24. The molecule has 19 heavy (non-hydrogen) atoms. The molecule has 2 rings (SSSR count). The first-order chi connectivity index (χ1) is 8.84. The number of tetrazole rings is 1. The van der Waals surface area contributed by atoms with E-state index in [2.05, 4.69) is 20.7 Å². The van der Waals surface area contributed by atoms with Crippen molar-refractivity contribution in [3.05, 3.63) is 34.6 Å². The van der Waals surface area contributed by atoms with Gasteiger partial charge >= 0.3 is 6.18 Å². The summed E-state index contributed by atoms with van der Waals surface area (Å²) in [5.41, 5.74) is -0.568. The number of halogens is 4. The molecule has 0 aliphatic rings. The van der Waals surface area contributed by atoms with Gasteiger partial charge < -0.3 is 5.32 Å². The van der Waals surface area contributed by atoms with E-state index in [1.54, 1.807) is 7.05 Å². The molecule has 102 valence electrons. The minimum absolute atomic E-state index is 0.00410. The maximum Gasteiger partial charge on any atom is 0.416 e. The van der Waals surface area contributed by atoms with Crippen LogP contribution in [-0.4, -0.2) is 20.2 Å². The van der Waals surface area contributed by atoms with Gasteiger partial charge in [0.2, 0.25) is 0 Å². The van der Waals surface area contributed by atoms with Crippen molar-refractivity contribution in [3.63, 3.8) is 0 Å². The van der Waals surface area contributed by atoms with Crippen molar-refractivity contribution < 1.29 is 13.2 Å².